The van der Waals surface area contributed by atoms with Crippen molar-refractivity contribution in [3.8, 4) is 5.75 Å². The normalized spacial score (nSPS) is 19.2. The van der Waals surface area contributed by atoms with Crippen LogP contribution in [0.3, 0.4) is 0 Å². The third-order valence-electron chi connectivity index (χ3n) is 5.95. The number of nitrogens with one attached hydrogen (secondary N) is 1. The van der Waals surface area contributed by atoms with Crippen LogP contribution in [0.1, 0.15) is 24.0 Å². The van der Waals surface area contributed by atoms with E-state index in [9.17, 15) is 9.59 Å². The van der Waals surface area contributed by atoms with E-state index in [4.69, 9.17) is 21.7 Å². The first-order chi connectivity index (χ1) is 17.0. The number of thioether (sulfide) groups is 1. The SMILES string of the molecule is COc1ccc(CNc2nc3ccccn3c(=O)c2C=C2SC(=S)N(CC3CCCO3)C2=O)cc1. The van der Waals surface area contributed by atoms with Gasteiger partial charge in [0.15, 0.2) is 0 Å². The molecule has 1 unspecified atom stereocenters. The summed E-state index contributed by atoms with van der Waals surface area (Å²) >= 11 is 6.67. The van der Waals surface area contributed by atoms with E-state index < -0.39 is 0 Å². The van der Waals surface area contributed by atoms with Gasteiger partial charge in [-0.3, -0.25) is 18.9 Å². The van der Waals surface area contributed by atoms with Crippen molar-refractivity contribution in [1.29, 1.82) is 0 Å². The summed E-state index contributed by atoms with van der Waals surface area (Å²) < 4.78 is 12.8. The van der Waals surface area contributed by atoms with Gasteiger partial charge in [-0.05, 0) is 48.7 Å². The number of thiocarbonyl (C=S) groups is 1. The Bertz CT molecular complexity index is 1360. The topological polar surface area (TPSA) is 85.2 Å². The number of hydrogen-bond donors (Lipinski definition) is 1. The second kappa shape index (κ2) is 10.2. The Hall–Kier alpha value is -3.21. The smallest absolute Gasteiger partial charge is 0.267 e. The monoisotopic (exact) mass is 508 g/mol. The van der Waals surface area contributed by atoms with Crippen molar-refractivity contribution in [2.24, 2.45) is 0 Å². The molecule has 10 heteroatoms. The van der Waals surface area contributed by atoms with Crippen molar-refractivity contribution in [3.05, 3.63) is 75.0 Å². The maximum absolute atomic E-state index is 13.4. The van der Waals surface area contributed by atoms with Crippen LogP contribution >= 0.6 is 24.0 Å². The van der Waals surface area contributed by atoms with Crippen molar-refractivity contribution >= 4 is 51.7 Å². The first kappa shape index (κ1) is 23.5. The zero-order valence-electron chi connectivity index (χ0n) is 19.1. The van der Waals surface area contributed by atoms with Crippen LogP contribution in [0.4, 0.5) is 5.82 Å². The molecule has 1 aromatic carbocycles. The highest BCUT2D eigenvalue weighted by Crippen LogP contribution is 2.34. The lowest BCUT2D eigenvalue weighted by Gasteiger charge is -2.18. The van der Waals surface area contributed by atoms with Gasteiger partial charge < -0.3 is 14.8 Å². The summed E-state index contributed by atoms with van der Waals surface area (Å²) in [6, 6.07) is 13.0. The Balaban J connectivity index is 1.47. The quantitative estimate of drug-likeness (QED) is 0.382. The number of methoxy groups -OCH3 is 1. The first-order valence-electron chi connectivity index (χ1n) is 11.3. The number of anilines is 1. The lowest BCUT2D eigenvalue weighted by Crippen LogP contribution is -2.35. The Morgan fingerprint density at radius 3 is 2.83 bits per heavy atom. The van der Waals surface area contributed by atoms with Gasteiger partial charge in [0, 0.05) is 19.3 Å². The number of ether oxygens (including phenoxy) is 2. The van der Waals surface area contributed by atoms with Gasteiger partial charge in [-0.1, -0.05) is 42.2 Å². The van der Waals surface area contributed by atoms with Gasteiger partial charge >= 0.3 is 0 Å². The van der Waals surface area contributed by atoms with Crippen LogP contribution in [-0.2, 0) is 16.1 Å². The molecule has 5 rings (SSSR count). The molecule has 0 bridgehead atoms. The Morgan fingerprint density at radius 1 is 1.26 bits per heavy atom. The number of amides is 1. The lowest BCUT2D eigenvalue weighted by atomic mass is 10.2. The molecule has 2 aliphatic heterocycles. The molecule has 180 valence electrons. The molecule has 35 heavy (non-hydrogen) atoms. The van der Waals surface area contributed by atoms with Crippen LogP contribution in [-0.4, -0.2) is 50.9 Å². The maximum Gasteiger partial charge on any atom is 0.267 e. The minimum absolute atomic E-state index is 0.00784. The molecule has 4 heterocycles. The largest absolute Gasteiger partial charge is 0.497 e. The summed E-state index contributed by atoms with van der Waals surface area (Å²) in [5.41, 5.74) is 1.55. The molecule has 0 spiro atoms. The highest BCUT2D eigenvalue weighted by molar-refractivity contribution is 8.26. The molecule has 2 aliphatic rings. The summed E-state index contributed by atoms with van der Waals surface area (Å²) in [5.74, 6) is 0.956. The summed E-state index contributed by atoms with van der Waals surface area (Å²) in [6.07, 6.45) is 5.15. The highest BCUT2D eigenvalue weighted by Gasteiger charge is 2.35. The van der Waals surface area contributed by atoms with Crippen LogP contribution in [0, 0.1) is 0 Å². The molecular formula is C25H24N4O4S2. The summed E-state index contributed by atoms with van der Waals surface area (Å²) in [5, 5.41) is 3.27. The number of benzene rings is 1. The summed E-state index contributed by atoms with van der Waals surface area (Å²) in [7, 11) is 1.62. The Labute approximate surface area is 211 Å². The van der Waals surface area contributed by atoms with E-state index in [1.807, 2.05) is 30.3 Å². The first-order valence-corrected chi connectivity index (χ1v) is 12.5. The van der Waals surface area contributed by atoms with Crippen molar-refractivity contribution in [2.75, 3.05) is 25.6 Å². The van der Waals surface area contributed by atoms with Crippen LogP contribution in [0.25, 0.3) is 11.7 Å². The summed E-state index contributed by atoms with van der Waals surface area (Å²) in [4.78, 5) is 33.2. The van der Waals surface area contributed by atoms with Gasteiger partial charge in [0.05, 0.1) is 30.2 Å². The van der Waals surface area contributed by atoms with E-state index in [2.05, 4.69) is 10.3 Å². The fourth-order valence-corrected chi connectivity index (χ4v) is 5.33. The van der Waals surface area contributed by atoms with Gasteiger partial charge in [-0.25, -0.2) is 4.98 Å². The molecule has 8 nitrogen and oxygen atoms in total. The second-order valence-electron chi connectivity index (χ2n) is 8.24. The molecule has 0 aliphatic carbocycles. The van der Waals surface area contributed by atoms with Crippen LogP contribution < -0.4 is 15.6 Å². The van der Waals surface area contributed by atoms with Crippen LogP contribution in [0.15, 0.2) is 58.4 Å². The molecule has 0 radical (unpaired) electrons. The lowest BCUT2D eigenvalue weighted by molar-refractivity contribution is -0.123. The van der Waals surface area contributed by atoms with Gasteiger partial charge in [0.1, 0.15) is 21.5 Å². The number of nitrogens with zero attached hydrogens (tertiary/aromatic N) is 3. The zero-order chi connectivity index (χ0) is 24.4. The molecule has 1 amide bonds. The van der Waals surface area contributed by atoms with E-state index in [1.165, 1.54) is 16.2 Å². The van der Waals surface area contributed by atoms with E-state index >= 15 is 0 Å². The minimum atomic E-state index is -0.266. The van der Waals surface area contributed by atoms with Crippen molar-refractivity contribution in [3.63, 3.8) is 0 Å². The van der Waals surface area contributed by atoms with E-state index in [0.29, 0.717) is 46.0 Å². The Kier molecular flexibility index (Phi) is 6.85. The molecule has 0 saturated carbocycles. The van der Waals surface area contributed by atoms with Crippen molar-refractivity contribution < 1.29 is 14.3 Å². The Morgan fingerprint density at radius 2 is 2.09 bits per heavy atom. The number of hydrogen-bond acceptors (Lipinski definition) is 8. The highest BCUT2D eigenvalue weighted by atomic mass is 32.2. The zero-order valence-corrected chi connectivity index (χ0v) is 20.7. The maximum atomic E-state index is 13.4. The number of carbonyl (C=O) groups excluding carboxylic acids is 1. The molecule has 2 aromatic heterocycles. The third-order valence-corrected chi connectivity index (χ3v) is 7.33. The average Bonchev–Trinajstić information content (AvgIpc) is 3.49. The number of aromatic nitrogens is 2. The second-order valence-corrected chi connectivity index (χ2v) is 9.91. The van der Waals surface area contributed by atoms with E-state index in [-0.39, 0.29) is 17.6 Å². The summed E-state index contributed by atoms with van der Waals surface area (Å²) in [6.45, 7) is 1.58. The van der Waals surface area contributed by atoms with Crippen LogP contribution in [0.2, 0.25) is 0 Å². The van der Waals surface area contributed by atoms with Gasteiger partial charge in [0.25, 0.3) is 11.5 Å². The predicted molar refractivity (Wildman–Crippen MR) is 141 cm³/mol. The molecule has 2 fully saturated rings. The van der Waals surface area contributed by atoms with Crippen molar-refractivity contribution in [1.82, 2.24) is 14.3 Å². The molecule has 3 aromatic rings. The van der Waals surface area contributed by atoms with Crippen molar-refractivity contribution in [2.45, 2.75) is 25.5 Å². The molecule has 1 N–H and O–H groups in total. The fraction of sp³-hybridized carbons (Fsp3) is 0.280. The minimum Gasteiger partial charge on any atom is -0.497 e. The molecule has 1 atom stereocenters. The molecule has 2 saturated heterocycles. The standard InChI is InChI=1S/C25H24N4O4S2/c1-32-17-9-7-16(8-10-17)14-26-22-19(23(30)28-11-3-2-6-21(28)27-22)13-20-24(31)29(25(34)35-20)15-18-5-4-12-33-18/h2-3,6-11,13,18,26H,4-5,12,14-15H2,1H3. The van der Waals surface area contributed by atoms with Gasteiger partial charge in [-0.2, -0.15) is 0 Å². The number of carbonyl (C=O) groups is 1. The number of fused-ring (bicyclic) bond motifs is 1. The number of pyridine rings is 1. The van der Waals surface area contributed by atoms with Crippen LogP contribution in [0.5, 0.6) is 5.75 Å². The van der Waals surface area contributed by atoms with Gasteiger partial charge in [-0.15, -0.1) is 0 Å². The van der Waals surface area contributed by atoms with E-state index in [1.54, 1.807) is 36.4 Å². The predicted octanol–water partition coefficient (Wildman–Crippen LogP) is 3.70. The van der Waals surface area contributed by atoms with Gasteiger partial charge in [0.2, 0.25) is 0 Å². The number of rotatable bonds is 7. The average molecular weight is 509 g/mol. The molecular weight excluding hydrogens is 484 g/mol. The fourth-order valence-electron chi connectivity index (χ4n) is 4.08. The van der Waals surface area contributed by atoms with E-state index in [0.717, 1.165) is 24.2 Å². The third kappa shape index (κ3) is 4.95.